The van der Waals surface area contributed by atoms with Crippen LogP contribution in [0.15, 0.2) is 101 Å². The van der Waals surface area contributed by atoms with Crippen LogP contribution >= 0.6 is 0 Å². The number of fused-ring (bicyclic) bond motifs is 5. The first-order valence-corrected chi connectivity index (χ1v) is 9.44. The molecule has 2 heteroatoms. The molecule has 0 saturated carbocycles. The van der Waals surface area contributed by atoms with E-state index in [-0.39, 0.29) is 0 Å². The van der Waals surface area contributed by atoms with Crippen LogP contribution in [-0.2, 0) is 0 Å². The fraction of sp³-hybridized carbons (Fsp3) is 0. The van der Waals surface area contributed by atoms with E-state index in [1.54, 1.807) is 0 Å². The molecule has 5 aromatic carbocycles. The normalized spacial score (nSPS) is 11.6. The molecule has 0 bridgehead atoms. The zero-order chi connectivity index (χ0) is 18.5. The molecule has 1 aromatic heterocycles. The van der Waals surface area contributed by atoms with Crippen LogP contribution in [0, 0.1) is 0 Å². The first kappa shape index (κ1) is 15.3. The second-order valence-electron chi connectivity index (χ2n) is 7.20. The minimum Gasteiger partial charge on any atom is -0.456 e. The van der Waals surface area contributed by atoms with E-state index in [9.17, 15) is 0 Å². The Morgan fingerprint density at radius 3 is 2.00 bits per heavy atom. The highest BCUT2D eigenvalue weighted by molar-refractivity contribution is 6.06. The van der Waals surface area contributed by atoms with Gasteiger partial charge in [0.15, 0.2) is 0 Å². The van der Waals surface area contributed by atoms with Gasteiger partial charge in [0.1, 0.15) is 11.2 Å². The van der Waals surface area contributed by atoms with Gasteiger partial charge in [0, 0.05) is 28.2 Å². The first-order chi connectivity index (χ1) is 13.8. The molecule has 0 aliphatic rings. The molecule has 0 amide bonds. The van der Waals surface area contributed by atoms with E-state index in [0.29, 0.717) is 0 Å². The van der Waals surface area contributed by atoms with Crippen LogP contribution in [0.2, 0.25) is 0 Å². The lowest BCUT2D eigenvalue weighted by atomic mass is 10.0. The van der Waals surface area contributed by atoms with Crippen LogP contribution < -0.4 is 5.32 Å². The topological polar surface area (TPSA) is 25.2 Å². The van der Waals surface area contributed by atoms with Crippen molar-refractivity contribution in [3.8, 4) is 0 Å². The van der Waals surface area contributed by atoms with Crippen LogP contribution in [0.3, 0.4) is 0 Å². The number of rotatable bonds is 2. The van der Waals surface area contributed by atoms with Crippen molar-refractivity contribution in [1.29, 1.82) is 0 Å². The molecule has 0 fully saturated rings. The van der Waals surface area contributed by atoms with Crippen molar-refractivity contribution in [2.75, 3.05) is 5.32 Å². The van der Waals surface area contributed by atoms with Gasteiger partial charge < -0.3 is 9.73 Å². The maximum Gasteiger partial charge on any atom is 0.137 e. The molecule has 0 atom stereocenters. The minimum absolute atomic E-state index is 0.901. The molecule has 0 unspecified atom stereocenters. The molecular formula is C26H17NO. The molecule has 6 aromatic rings. The largest absolute Gasteiger partial charge is 0.456 e. The standard InChI is InChI=1S/C26H17NO/c1-2-6-18-14-20-15-21(10-9-19(20)13-17(18)5-1)27-22-11-12-24-23-7-3-4-8-25(23)28-26(24)16-22/h1-16,27H. The molecule has 0 aliphatic carbocycles. The Morgan fingerprint density at radius 2 is 1.11 bits per heavy atom. The van der Waals surface area contributed by atoms with E-state index in [0.717, 1.165) is 33.3 Å². The van der Waals surface area contributed by atoms with E-state index in [1.165, 1.54) is 21.5 Å². The number of para-hydroxylation sites is 1. The average Bonchev–Trinajstić information content (AvgIpc) is 3.10. The summed E-state index contributed by atoms with van der Waals surface area (Å²) in [6, 6.07) is 33.9. The molecule has 1 N–H and O–H groups in total. The van der Waals surface area contributed by atoms with Gasteiger partial charge in [-0.05, 0) is 64.0 Å². The van der Waals surface area contributed by atoms with Crippen LogP contribution in [0.25, 0.3) is 43.5 Å². The van der Waals surface area contributed by atoms with Crippen molar-refractivity contribution in [1.82, 2.24) is 0 Å². The average molecular weight is 359 g/mol. The number of nitrogens with one attached hydrogen (secondary N) is 1. The summed E-state index contributed by atoms with van der Waals surface area (Å²) in [5.74, 6) is 0. The van der Waals surface area contributed by atoms with E-state index in [1.807, 2.05) is 18.2 Å². The Balaban J connectivity index is 1.41. The Hall–Kier alpha value is -3.78. The summed E-state index contributed by atoms with van der Waals surface area (Å²) in [4.78, 5) is 0. The molecule has 6 rings (SSSR count). The van der Waals surface area contributed by atoms with Crippen molar-refractivity contribution >= 4 is 54.9 Å². The van der Waals surface area contributed by atoms with Crippen LogP contribution in [0.1, 0.15) is 0 Å². The highest BCUT2D eigenvalue weighted by atomic mass is 16.3. The predicted molar refractivity (Wildman–Crippen MR) is 118 cm³/mol. The molecule has 28 heavy (non-hydrogen) atoms. The molecule has 0 saturated heterocycles. The van der Waals surface area contributed by atoms with Crippen molar-refractivity contribution in [2.24, 2.45) is 0 Å². The summed E-state index contributed by atoms with van der Waals surface area (Å²) in [5.41, 5.74) is 3.91. The third-order valence-corrected chi connectivity index (χ3v) is 5.37. The van der Waals surface area contributed by atoms with Gasteiger partial charge in [-0.15, -0.1) is 0 Å². The number of hydrogen-bond acceptors (Lipinski definition) is 2. The fourth-order valence-corrected chi connectivity index (χ4v) is 3.99. The monoisotopic (exact) mass is 359 g/mol. The minimum atomic E-state index is 0.901. The van der Waals surface area contributed by atoms with Gasteiger partial charge in [0.05, 0.1) is 0 Å². The van der Waals surface area contributed by atoms with Crippen LogP contribution in [0.5, 0.6) is 0 Å². The quantitative estimate of drug-likeness (QED) is 0.321. The highest BCUT2D eigenvalue weighted by Crippen LogP contribution is 2.32. The van der Waals surface area contributed by atoms with Gasteiger partial charge >= 0.3 is 0 Å². The predicted octanol–water partition coefficient (Wildman–Crippen LogP) is 7.64. The summed E-state index contributed by atoms with van der Waals surface area (Å²) in [7, 11) is 0. The lowest BCUT2D eigenvalue weighted by Gasteiger charge is -2.09. The smallest absolute Gasteiger partial charge is 0.137 e. The molecule has 0 radical (unpaired) electrons. The second-order valence-corrected chi connectivity index (χ2v) is 7.20. The Kier molecular flexibility index (Phi) is 3.20. The van der Waals surface area contributed by atoms with E-state index < -0.39 is 0 Å². The molecule has 0 spiro atoms. The van der Waals surface area contributed by atoms with E-state index in [2.05, 4.69) is 84.2 Å². The van der Waals surface area contributed by atoms with Crippen LogP contribution in [0.4, 0.5) is 11.4 Å². The Bertz CT molecular complexity index is 1490. The third kappa shape index (κ3) is 2.43. The van der Waals surface area contributed by atoms with E-state index in [4.69, 9.17) is 4.42 Å². The first-order valence-electron chi connectivity index (χ1n) is 9.44. The number of anilines is 2. The van der Waals surface area contributed by atoms with E-state index >= 15 is 0 Å². The van der Waals surface area contributed by atoms with Crippen molar-refractivity contribution in [3.63, 3.8) is 0 Å². The molecule has 1 heterocycles. The molecule has 132 valence electrons. The SMILES string of the molecule is c1ccc2cc3cc(Nc4ccc5c(c4)oc4ccccc45)ccc3cc2c1. The molecule has 2 nitrogen and oxygen atoms in total. The molecule has 0 aliphatic heterocycles. The number of furan rings is 1. The third-order valence-electron chi connectivity index (χ3n) is 5.37. The summed E-state index contributed by atoms with van der Waals surface area (Å²) in [6.07, 6.45) is 0. The number of hydrogen-bond donors (Lipinski definition) is 1. The fourth-order valence-electron chi connectivity index (χ4n) is 3.99. The van der Waals surface area contributed by atoms with Crippen molar-refractivity contribution in [2.45, 2.75) is 0 Å². The summed E-state index contributed by atoms with van der Waals surface area (Å²) in [6.45, 7) is 0. The number of benzene rings is 5. The lowest BCUT2D eigenvalue weighted by Crippen LogP contribution is -1.90. The Morgan fingerprint density at radius 1 is 0.464 bits per heavy atom. The van der Waals surface area contributed by atoms with Crippen molar-refractivity contribution < 1.29 is 4.42 Å². The zero-order valence-electron chi connectivity index (χ0n) is 15.1. The zero-order valence-corrected chi connectivity index (χ0v) is 15.1. The Labute approximate surface area is 162 Å². The maximum absolute atomic E-state index is 6.01. The van der Waals surface area contributed by atoms with Gasteiger partial charge in [-0.2, -0.15) is 0 Å². The maximum atomic E-state index is 6.01. The van der Waals surface area contributed by atoms with Gasteiger partial charge in [-0.1, -0.05) is 48.5 Å². The van der Waals surface area contributed by atoms with Gasteiger partial charge in [-0.3, -0.25) is 0 Å². The van der Waals surface area contributed by atoms with Gasteiger partial charge in [-0.25, -0.2) is 0 Å². The summed E-state index contributed by atoms with van der Waals surface area (Å²) < 4.78 is 6.01. The lowest BCUT2D eigenvalue weighted by molar-refractivity contribution is 0.669. The summed E-state index contributed by atoms with van der Waals surface area (Å²) in [5, 5.41) is 10.8. The van der Waals surface area contributed by atoms with Crippen molar-refractivity contribution in [3.05, 3.63) is 97.1 Å². The van der Waals surface area contributed by atoms with Gasteiger partial charge in [0.25, 0.3) is 0 Å². The highest BCUT2D eigenvalue weighted by Gasteiger charge is 2.07. The van der Waals surface area contributed by atoms with Gasteiger partial charge in [0.2, 0.25) is 0 Å². The van der Waals surface area contributed by atoms with Crippen LogP contribution in [-0.4, -0.2) is 0 Å². The summed E-state index contributed by atoms with van der Waals surface area (Å²) >= 11 is 0. The molecular weight excluding hydrogens is 342 g/mol. The second kappa shape index (κ2) is 5.86.